The lowest BCUT2D eigenvalue weighted by atomic mass is 10.1. The summed E-state index contributed by atoms with van der Waals surface area (Å²) in [7, 11) is 0. The molecule has 0 aliphatic rings. The third-order valence-corrected chi connectivity index (χ3v) is 3.74. The zero-order valence-corrected chi connectivity index (χ0v) is 13.8. The van der Waals surface area contributed by atoms with Crippen LogP contribution in [0.1, 0.15) is 23.2 Å². The molecule has 1 aromatic heterocycles. The van der Waals surface area contributed by atoms with Gasteiger partial charge in [-0.1, -0.05) is 11.6 Å². The summed E-state index contributed by atoms with van der Waals surface area (Å²) in [6, 6.07) is 5.74. The number of nitrogens with zero attached hydrogens (tertiary/aromatic N) is 3. The second kappa shape index (κ2) is 7.23. The highest BCUT2D eigenvalue weighted by atomic mass is 35.5. The van der Waals surface area contributed by atoms with E-state index in [1.165, 1.54) is 12.1 Å². The van der Waals surface area contributed by atoms with Crippen LogP contribution in [0.2, 0.25) is 5.02 Å². The maximum atomic E-state index is 13.6. The summed E-state index contributed by atoms with van der Waals surface area (Å²) < 4.78 is 14.7. The number of nitrogens with one attached hydrogen (secondary N) is 1. The molecule has 0 bridgehead atoms. The van der Waals surface area contributed by atoms with Crippen molar-refractivity contribution in [1.29, 1.82) is 5.26 Å². The minimum atomic E-state index is -0.649. The molecule has 0 spiro atoms. The summed E-state index contributed by atoms with van der Waals surface area (Å²) in [5.41, 5.74) is 0.516. The maximum absolute atomic E-state index is 13.6. The Morgan fingerprint density at radius 1 is 1.46 bits per heavy atom. The molecule has 0 aliphatic carbocycles. The molecule has 0 atom stereocenters. The monoisotopic (exact) mass is 348 g/mol. The molecule has 1 N–H and O–H groups in total. The van der Waals surface area contributed by atoms with Gasteiger partial charge in [-0.05, 0) is 37.6 Å². The lowest BCUT2D eigenvalue weighted by Crippen LogP contribution is -2.29. The van der Waals surface area contributed by atoms with E-state index in [-0.39, 0.29) is 29.2 Å². The number of rotatable bonds is 4. The molecular weight excluding hydrogens is 335 g/mol. The quantitative estimate of drug-likeness (QED) is 0.919. The van der Waals surface area contributed by atoms with E-state index in [4.69, 9.17) is 16.9 Å². The van der Waals surface area contributed by atoms with Gasteiger partial charge in [0.15, 0.2) is 0 Å². The number of halogens is 2. The number of aryl methyl sites for hydroxylation is 2. The Balaban J connectivity index is 2.11. The molecule has 8 heteroatoms. The molecule has 0 fully saturated rings. The predicted molar refractivity (Wildman–Crippen MR) is 87.3 cm³/mol. The van der Waals surface area contributed by atoms with Gasteiger partial charge in [-0.15, -0.1) is 0 Å². The number of anilines is 1. The van der Waals surface area contributed by atoms with Crippen molar-refractivity contribution in [2.45, 2.75) is 26.8 Å². The van der Waals surface area contributed by atoms with Crippen molar-refractivity contribution < 1.29 is 9.18 Å². The molecule has 1 amide bonds. The van der Waals surface area contributed by atoms with E-state index in [9.17, 15) is 14.0 Å². The van der Waals surface area contributed by atoms with Gasteiger partial charge in [0.1, 0.15) is 17.4 Å². The highest BCUT2D eigenvalue weighted by Crippen LogP contribution is 2.19. The molecule has 0 aliphatic heterocycles. The van der Waals surface area contributed by atoms with Crippen molar-refractivity contribution in [2.75, 3.05) is 5.32 Å². The van der Waals surface area contributed by atoms with Gasteiger partial charge in [0, 0.05) is 11.4 Å². The SMILES string of the molecule is Cc1nn(CCC(=O)Nc2ccc(Cl)cc2F)c(=O)c(C#N)c1C. The molecule has 2 rings (SSSR count). The van der Waals surface area contributed by atoms with Gasteiger partial charge in [-0.25, -0.2) is 9.07 Å². The summed E-state index contributed by atoms with van der Waals surface area (Å²) in [6.45, 7) is 3.30. The van der Waals surface area contributed by atoms with Crippen LogP contribution in [-0.2, 0) is 11.3 Å². The number of amides is 1. The van der Waals surface area contributed by atoms with Crippen LogP contribution in [0, 0.1) is 31.0 Å². The molecule has 0 saturated carbocycles. The Kier molecular flexibility index (Phi) is 5.31. The minimum absolute atomic E-state index is 0.00232. The van der Waals surface area contributed by atoms with E-state index >= 15 is 0 Å². The van der Waals surface area contributed by atoms with Crippen LogP contribution in [0.4, 0.5) is 10.1 Å². The van der Waals surface area contributed by atoms with E-state index in [1.807, 2.05) is 6.07 Å². The van der Waals surface area contributed by atoms with Gasteiger partial charge in [-0.2, -0.15) is 10.4 Å². The number of aromatic nitrogens is 2. The summed E-state index contributed by atoms with van der Waals surface area (Å²) in [5.74, 6) is -1.13. The number of hydrogen-bond donors (Lipinski definition) is 1. The van der Waals surface area contributed by atoms with Crippen LogP contribution < -0.4 is 10.9 Å². The lowest BCUT2D eigenvalue weighted by Gasteiger charge is -2.10. The first-order valence-electron chi connectivity index (χ1n) is 7.06. The molecule has 6 nitrogen and oxygen atoms in total. The molecule has 0 radical (unpaired) electrons. The normalized spacial score (nSPS) is 10.3. The van der Waals surface area contributed by atoms with Gasteiger partial charge >= 0.3 is 0 Å². The van der Waals surface area contributed by atoms with E-state index < -0.39 is 17.3 Å². The van der Waals surface area contributed by atoms with Crippen molar-refractivity contribution in [3.05, 3.63) is 56.2 Å². The molecule has 1 aromatic carbocycles. The van der Waals surface area contributed by atoms with Gasteiger partial charge in [-0.3, -0.25) is 9.59 Å². The van der Waals surface area contributed by atoms with Crippen molar-refractivity contribution in [1.82, 2.24) is 9.78 Å². The summed E-state index contributed by atoms with van der Waals surface area (Å²) in [6.07, 6.45) is -0.0949. The molecule has 24 heavy (non-hydrogen) atoms. The van der Waals surface area contributed by atoms with Gasteiger partial charge in [0.05, 0.1) is 17.9 Å². The van der Waals surface area contributed by atoms with Crippen LogP contribution in [0.25, 0.3) is 0 Å². The Hall–Kier alpha value is -2.72. The zero-order valence-electron chi connectivity index (χ0n) is 13.1. The van der Waals surface area contributed by atoms with Crippen LogP contribution in [0.3, 0.4) is 0 Å². The lowest BCUT2D eigenvalue weighted by molar-refractivity contribution is -0.116. The number of carbonyl (C=O) groups excluding carboxylic acids is 1. The van der Waals surface area contributed by atoms with Crippen LogP contribution in [0.15, 0.2) is 23.0 Å². The molecule has 0 saturated heterocycles. The standard InChI is InChI=1S/C16H14ClFN4O2/c1-9-10(2)21-22(16(24)12(9)8-19)6-5-15(23)20-14-4-3-11(17)7-13(14)18/h3-4,7H,5-6H2,1-2H3,(H,20,23). The van der Waals surface area contributed by atoms with Crippen molar-refractivity contribution >= 4 is 23.2 Å². The highest BCUT2D eigenvalue weighted by molar-refractivity contribution is 6.30. The molecule has 2 aromatic rings. The Labute approximate surface area is 142 Å². The van der Waals surface area contributed by atoms with Crippen LogP contribution in [0.5, 0.6) is 0 Å². The number of benzene rings is 1. The third kappa shape index (κ3) is 3.78. The second-order valence-electron chi connectivity index (χ2n) is 5.15. The second-order valence-corrected chi connectivity index (χ2v) is 5.58. The van der Waals surface area contributed by atoms with Gasteiger partial charge in [0.25, 0.3) is 5.56 Å². The Morgan fingerprint density at radius 2 is 2.17 bits per heavy atom. The first-order chi connectivity index (χ1) is 11.3. The highest BCUT2D eigenvalue weighted by Gasteiger charge is 2.13. The number of nitriles is 1. The minimum Gasteiger partial charge on any atom is -0.324 e. The van der Waals surface area contributed by atoms with Crippen molar-refractivity contribution in [3.63, 3.8) is 0 Å². The fraction of sp³-hybridized carbons (Fsp3) is 0.250. The van der Waals surface area contributed by atoms with Crippen LogP contribution in [-0.4, -0.2) is 15.7 Å². The smallest absolute Gasteiger partial charge is 0.284 e. The predicted octanol–water partition coefficient (Wildman–Crippen LogP) is 2.55. The summed E-state index contributed by atoms with van der Waals surface area (Å²) >= 11 is 5.64. The number of carbonyl (C=O) groups is 1. The van der Waals surface area contributed by atoms with Crippen molar-refractivity contribution in [3.8, 4) is 6.07 Å². The average Bonchev–Trinajstić information content (AvgIpc) is 2.53. The largest absolute Gasteiger partial charge is 0.324 e. The zero-order chi connectivity index (χ0) is 17.9. The Morgan fingerprint density at radius 3 is 2.79 bits per heavy atom. The van der Waals surface area contributed by atoms with E-state index in [2.05, 4.69) is 10.4 Å². The Bertz CT molecular complexity index is 902. The van der Waals surface area contributed by atoms with Crippen LogP contribution >= 0.6 is 11.6 Å². The fourth-order valence-electron chi connectivity index (χ4n) is 2.07. The molecule has 124 valence electrons. The topological polar surface area (TPSA) is 87.8 Å². The summed E-state index contributed by atoms with van der Waals surface area (Å²) in [4.78, 5) is 24.0. The first kappa shape index (κ1) is 17.6. The number of hydrogen-bond acceptors (Lipinski definition) is 4. The van der Waals surface area contributed by atoms with Gasteiger partial charge < -0.3 is 5.32 Å². The molecular formula is C16H14ClFN4O2. The third-order valence-electron chi connectivity index (χ3n) is 3.50. The first-order valence-corrected chi connectivity index (χ1v) is 7.44. The van der Waals surface area contributed by atoms with E-state index in [0.717, 1.165) is 10.7 Å². The summed E-state index contributed by atoms with van der Waals surface area (Å²) in [5, 5.41) is 15.7. The van der Waals surface area contributed by atoms with E-state index in [1.54, 1.807) is 13.8 Å². The molecule has 1 heterocycles. The maximum Gasteiger partial charge on any atom is 0.284 e. The average molecular weight is 349 g/mol. The van der Waals surface area contributed by atoms with E-state index in [0.29, 0.717) is 11.3 Å². The fourth-order valence-corrected chi connectivity index (χ4v) is 2.22. The van der Waals surface area contributed by atoms with Gasteiger partial charge in [0.2, 0.25) is 5.91 Å². The van der Waals surface area contributed by atoms with Crippen molar-refractivity contribution in [2.24, 2.45) is 0 Å². The molecule has 0 unspecified atom stereocenters.